The Morgan fingerprint density at radius 1 is 1.11 bits per heavy atom. The minimum absolute atomic E-state index is 0.247. The number of hydrogen-bond donors (Lipinski definition) is 1. The summed E-state index contributed by atoms with van der Waals surface area (Å²) in [5, 5.41) is 8.96. The van der Waals surface area contributed by atoms with E-state index in [9.17, 15) is 0 Å². The maximum Gasteiger partial charge on any atom is 0.102 e. The quantitative estimate of drug-likeness (QED) is 0.575. The van der Waals surface area contributed by atoms with Gasteiger partial charge in [0.15, 0.2) is 0 Å². The van der Waals surface area contributed by atoms with Gasteiger partial charge in [0, 0.05) is 19.3 Å². The molecule has 0 amide bonds. The van der Waals surface area contributed by atoms with Crippen LogP contribution in [0, 0.1) is 0 Å². The van der Waals surface area contributed by atoms with Crippen LogP contribution in [0.4, 0.5) is 0 Å². The third-order valence-corrected chi connectivity index (χ3v) is 3.72. The van der Waals surface area contributed by atoms with Crippen LogP contribution >= 0.6 is 0 Å². The lowest BCUT2D eigenvalue weighted by atomic mass is 10.1. The van der Waals surface area contributed by atoms with Crippen molar-refractivity contribution < 1.29 is 5.11 Å². The molecule has 0 saturated heterocycles. The van der Waals surface area contributed by atoms with E-state index in [1.54, 1.807) is 0 Å². The fourth-order valence-electron chi connectivity index (χ4n) is 2.58. The van der Waals surface area contributed by atoms with E-state index in [-0.39, 0.29) is 6.61 Å². The van der Waals surface area contributed by atoms with Gasteiger partial charge in [-0.05, 0) is 12.8 Å². The van der Waals surface area contributed by atoms with Gasteiger partial charge in [0.25, 0.3) is 0 Å². The lowest BCUT2D eigenvalue weighted by Crippen LogP contribution is -2.32. The molecule has 1 atom stereocenters. The number of β-amino-alcohol motifs (C(OH)–C–C–N with tert-alkyl or cyclic N) is 1. The van der Waals surface area contributed by atoms with E-state index in [1.807, 2.05) is 6.21 Å². The van der Waals surface area contributed by atoms with Crippen LogP contribution in [-0.2, 0) is 0 Å². The van der Waals surface area contributed by atoms with Crippen molar-refractivity contribution in [3.63, 3.8) is 0 Å². The molecule has 0 aromatic carbocycles. The minimum Gasteiger partial charge on any atom is -0.395 e. The molecular formula is C15H30N2O. The van der Waals surface area contributed by atoms with E-state index in [1.165, 1.54) is 51.4 Å². The summed E-state index contributed by atoms with van der Waals surface area (Å²) in [5.41, 5.74) is 0. The second kappa shape index (κ2) is 10.5. The lowest BCUT2D eigenvalue weighted by Gasteiger charge is -2.21. The fraction of sp³-hybridized carbons (Fsp3) is 0.933. The highest BCUT2D eigenvalue weighted by atomic mass is 16.3. The van der Waals surface area contributed by atoms with Gasteiger partial charge in [-0.3, -0.25) is 9.89 Å². The standard InChI is InChI=1S/C15H30N2O/c1-2-3-4-5-6-7-8-9-10-15-16-11-12-17(15)13-14-18/h11,15,18H,2-10,12-14H2,1H3. The Balaban J connectivity index is 1.92. The van der Waals surface area contributed by atoms with Gasteiger partial charge in [-0.25, -0.2) is 0 Å². The van der Waals surface area contributed by atoms with Crippen LogP contribution in [0.5, 0.6) is 0 Å². The zero-order valence-electron chi connectivity index (χ0n) is 12.0. The van der Waals surface area contributed by atoms with Gasteiger partial charge in [-0.2, -0.15) is 0 Å². The number of rotatable bonds is 11. The van der Waals surface area contributed by atoms with Crippen LogP contribution in [0.3, 0.4) is 0 Å². The molecular weight excluding hydrogens is 224 g/mol. The van der Waals surface area contributed by atoms with Crippen LogP contribution in [0.15, 0.2) is 4.99 Å². The predicted molar refractivity (Wildman–Crippen MR) is 78.2 cm³/mol. The summed E-state index contributed by atoms with van der Waals surface area (Å²) >= 11 is 0. The molecule has 18 heavy (non-hydrogen) atoms. The van der Waals surface area contributed by atoms with Crippen LogP contribution in [0.25, 0.3) is 0 Å². The normalized spacial score (nSPS) is 19.8. The van der Waals surface area contributed by atoms with E-state index >= 15 is 0 Å². The molecule has 3 heteroatoms. The Morgan fingerprint density at radius 2 is 1.78 bits per heavy atom. The molecule has 0 fully saturated rings. The number of unbranched alkanes of at least 4 members (excludes halogenated alkanes) is 7. The Labute approximate surface area is 112 Å². The van der Waals surface area contributed by atoms with E-state index < -0.39 is 0 Å². The van der Waals surface area contributed by atoms with Crippen LogP contribution in [-0.4, -0.2) is 42.1 Å². The summed E-state index contributed by atoms with van der Waals surface area (Å²) in [5.74, 6) is 0. The van der Waals surface area contributed by atoms with Crippen molar-refractivity contribution >= 4 is 6.21 Å². The molecule has 0 bridgehead atoms. The topological polar surface area (TPSA) is 35.8 Å². The number of aliphatic hydroxyl groups excluding tert-OH is 1. The van der Waals surface area contributed by atoms with E-state index in [0.29, 0.717) is 6.17 Å². The average molecular weight is 254 g/mol. The number of aliphatic imine (C=N–C) groups is 1. The Kier molecular flexibility index (Phi) is 9.13. The molecule has 106 valence electrons. The number of aliphatic hydroxyl groups is 1. The van der Waals surface area contributed by atoms with Crippen molar-refractivity contribution in [1.82, 2.24) is 4.90 Å². The van der Waals surface area contributed by atoms with Gasteiger partial charge in [0.05, 0.1) is 6.61 Å². The zero-order chi connectivity index (χ0) is 13.1. The molecule has 0 aromatic heterocycles. The summed E-state index contributed by atoms with van der Waals surface area (Å²) in [4.78, 5) is 6.75. The van der Waals surface area contributed by atoms with Gasteiger partial charge in [-0.15, -0.1) is 0 Å². The minimum atomic E-state index is 0.247. The first-order chi connectivity index (χ1) is 8.88. The summed E-state index contributed by atoms with van der Waals surface area (Å²) < 4.78 is 0. The lowest BCUT2D eigenvalue weighted by molar-refractivity contribution is 0.176. The molecule has 0 aliphatic carbocycles. The van der Waals surface area contributed by atoms with E-state index in [2.05, 4.69) is 16.8 Å². The van der Waals surface area contributed by atoms with Crippen molar-refractivity contribution in [3.8, 4) is 0 Å². The first kappa shape index (κ1) is 15.6. The molecule has 0 radical (unpaired) electrons. The zero-order valence-corrected chi connectivity index (χ0v) is 12.0. The van der Waals surface area contributed by atoms with Gasteiger partial charge in [0.2, 0.25) is 0 Å². The molecule has 1 aliphatic rings. The van der Waals surface area contributed by atoms with Crippen molar-refractivity contribution in [2.24, 2.45) is 4.99 Å². The molecule has 0 aromatic rings. The second-order valence-electron chi connectivity index (χ2n) is 5.29. The van der Waals surface area contributed by atoms with Crippen molar-refractivity contribution in [1.29, 1.82) is 0 Å². The largest absolute Gasteiger partial charge is 0.395 e. The third-order valence-electron chi connectivity index (χ3n) is 3.72. The highest BCUT2D eigenvalue weighted by Gasteiger charge is 2.19. The third kappa shape index (κ3) is 6.50. The predicted octanol–water partition coefficient (Wildman–Crippen LogP) is 3.22. The Bertz CT molecular complexity index is 219. The molecule has 1 heterocycles. The maximum atomic E-state index is 8.96. The van der Waals surface area contributed by atoms with Gasteiger partial charge in [-0.1, -0.05) is 51.9 Å². The van der Waals surface area contributed by atoms with Gasteiger partial charge < -0.3 is 5.11 Å². The SMILES string of the molecule is CCCCCCCCCCC1N=CCN1CCO. The van der Waals surface area contributed by atoms with Crippen molar-refractivity contribution in [2.45, 2.75) is 70.9 Å². The van der Waals surface area contributed by atoms with Crippen molar-refractivity contribution in [3.05, 3.63) is 0 Å². The maximum absolute atomic E-state index is 8.96. The fourth-order valence-corrected chi connectivity index (χ4v) is 2.58. The monoisotopic (exact) mass is 254 g/mol. The highest BCUT2D eigenvalue weighted by molar-refractivity contribution is 5.62. The van der Waals surface area contributed by atoms with E-state index in [0.717, 1.165) is 19.5 Å². The first-order valence-corrected chi connectivity index (χ1v) is 7.75. The molecule has 0 saturated carbocycles. The summed E-state index contributed by atoms with van der Waals surface area (Å²) in [6.07, 6.45) is 14.4. The molecule has 0 spiro atoms. The highest BCUT2D eigenvalue weighted by Crippen LogP contribution is 2.15. The van der Waals surface area contributed by atoms with Gasteiger partial charge >= 0.3 is 0 Å². The van der Waals surface area contributed by atoms with Gasteiger partial charge in [0.1, 0.15) is 6.17 Å². The summed E-state index contributed by atoms with van der Waals surface area (Å²) in [6, 6.07) is 0. The Morgan fingerprint density at radius 3 is 2.44 bits per heavy atom. The second-order valence-corrected chi connectivity index (χ2v) is 5.29. The average Bonchev–Trinajstić information content (AvgIpc) is 2.81. The summed E-state index contributed by atoms with van der Waals surface area (Å²) in [7, 11) is 0. The molecule has 3 nitrogen and oxygen atoms in total. The van der Waals surface area contributed by atoms with Crippen LogP contribution in [0.1, 0.15) is 64.7 Å². The smallest absolute Gasteiger partial charge is 0.102 e. The van der Waals surface area contributed by atoms with Crippen molar-refractivity contribution in [2.75, 3.05) is 19.7 Å². The Hall–Kier alpha value is -0.410. The molecule has 1 unspecified atom stereocenters. The molecule has 1 aliphatic heterocycles. The molecule has 1 N–H and O–H groups in total. The first-order valence-electron chi connectivity index (χ1n) is 7.75. The molecule has 1 rings (SSSR count). The number of hydrogen-bond acceptors (Lipinski definition) is 3. The van der Waals surface area contributed by atoms with Crippen LogP contribution < -0.4 is 0 Å². The van der Waals surface area contributed by atoms with Crippen LogP contribution in [0.2, 0.25) is 0 Å². The van der Waals surface area contributed by atoms with E-state index in [4.69, 9.17) is 5.11 Å². The summed E-state index contributed by atoms with van der Waals surface area (Å²) in [6.45, 7) is 4.20. The number of nitrogens with zero attached hydrogens (tertiary/aromatic N) is 2.